The number of ketones is 1. The molecule has 0 saturated carbocycles. The molecule has 0 aliphatic heterocycles. The molecular weight excluding hydrogens is 402 g/mol. The average molecular weight is 421 g/mol. The van der Waals surface area contributed by atoms with Crippen molar-refractivity contribution >= 4 is 17.4 Å². The van der Waals surface area contributed by atoms with E-state index in [1.54, 1.807) is 6.07 Å². The van der Waals surface area contributed by atoms with Gasteiger partial charge in [-0.15, -0.1) is 0 Å². The Kier molecular flexibility index (Phi) is 6.95. The predicted octanol–water partition coefficient (Wildman–Crippen LogP) is 4.22. The molecule has 3 aromatic carbocycles. The Morgan fingerprint density at radius 3 is 2.23 bits per heavy atom. The maximum atomic E-state index is 12.4. The molecule has 8 nitrogen and oxygen atoms in total. The molecule has 31 heavy (non-hydrogen) atoms. The minimum Gasteiger partial charge on any atom is -0.493 e. The van der Waals surface area contributed by atoms with Crippen LogP contribution in [0.1, 0.15) is 26.3 Å². The van der Waals surface area contributed by atoms with Crippen LogP contribution in [0.2, 0.25) is 0 Å². The lowest BCUT2D eigenvalue weighted by Crippen LogP contribution is -2.14. The largest absolute Gasteiger partial charge is 0.493 e. The van der Waals surface area contributed by atoms with Gasteiger partial charge in [-0.2, -0.15) is 0 Å². The Hall–Kier alpha value is -4.20. The second-order valence-corrected chi connectivity index (χ2v) is 6.44. The van der Waals surface area contributed by atoms with Gasteiger partial charge in [0.15, 0.2) is 23.9 Å². The fourth-order valence-electron chi connectivity index (χ4n) is 2.72. The van der Waals surface area contributed by atoms with Gasteiger partial charge < -0.3 is 14.2 Å². The van der Waals surface area contributed by atoms with Crippen LogP contribution in [-0.2, 0) is 11.3 Å². The predicted molar refractivity (Wildman–Crippen MR) is 111 cm³/mol. The Labute approximate surface area is 178 Å². The molecule has 0 radical (unpaired) electrons. The summed E-state index contributed by atoms with van der Waals surface area (Å²) in [7, 11) is 1.49. The number of methoxy groups -OCH3 is 1. The lowest BCUT2D eigenvalue weighted by Gasteiger charge is -2.12. The van der Waals surface area contributed by atoms with Gasteiger partial charge in [-0.1, -0.05) is 30.3 Å². The summed E-state index contributed by atoms with van der Waals surface area (Å²) in [5.74, 6) is -0.364. The number of ether oxygens (including phenoxy) is 3. The van der Waals surface area contributed by atoms with Crippen LogP contribution in [0, 0.1) is 10.1 Å². The smallest absolute Gasteiger partial charge is 0.338 e. The molecule has 0 fully saturated rings. The second kappa shape index (κ2) is 10.0. The number of nitrogens with zero attached hydrogens (tertiary/aromatic N) is 1. The third-order valence-corrected chi connectivity index (χ3v) is 4.37. The molecule has 3 aromatic rings. The molecule has 0 heterocycles. The van der Waals surface area contributed by atoms with Gasteiger partial charge in [0.1, 0.15) is 6.61 Å². The zero-order valence-corrected chi connectivity index (χ0v) is 16.6. The number of benzene rings is 3. The molecule has 0 aliphatic rings. The maximum Gasteiger partial charge on any atom is 0.338 e. The number of nitro benzene ring substituents is 1. The molecule has 0 amide bonds. The molecule has 8 heteroatoms. The number of carbonyl (C=O) groups is 2. The summed E-state index contributed by atoms with van der Waals surface area (Å²) in [6.45, 7) is -0.211. The van der Waals surface area contributed by atoms with Crippen LogP contribution >= 0.6 is 0 Å². The fraction of sp³-hybridized carbons (Fsp3) is 0.130. The highest BCUT2D eigenvalue weighted by Gasteiger charge is 2.16. The third-order valence-electron chi connectivity index (χ3n) is 4.37. The highest BCUT2D eigenvalue weighted by molar-refractivity contribution is 5.99. The highest BCUT2D eigenvalue weighted by Crippen LogP contribution is 2.29. The van der Waals surface area contributed by atoms with E-state index in [1.807, 2.05) is 30.3 Å². The number of hydrogen-bond acceptors (Lipinski definition) is 7. The van der Waals surface area contributed by atoms with Gasteiger partial charge >= 0.3 is 5.97 Å². The van der Waals surface area contributed by atoms with E-state index in [4.69, 9.17) is 14.2 Å². The van der Waals surface area contributed by atoms with E-state index in [-0.39, 0.29) is 23.4 Å². The van der Waals surface area contributed by atoms with Gasteiger partial charge in [-0.25, -0.2) is 4.79 Å². The van der Waals surface area contributed by atoms with Crippen molar-refractivity contribution in [3.05, 3.63) is 99.6 Å². The zero-order chi connectivity index (χ0) is 22.2. The number of carbonyl (C=O) groups excluding carboxylic acids is 2. The third kappa shape index (κ3) is 5.66. The molecule has 0 N–H and O–H groups in total. The molecule has 0 atom stereocenters. The van der Waals surface area contributed by atoms with Crippen LogP contribution in [-0.4, -0.2) is 30.4 Å². The minimum atomic E-state index is -0.706. The topological polar surface area (TPSA) is 105 Å². The van der Waals surface area contributed by atoms with Gasteiger partial charge in [-0.05, 0) is 35.9 Å². The van der Waals surface area contributed by atoms with Gasteiger partial charge in [0.05, 0.1) is 17.6 Å². The van der Waals surface area contributed by atoms with Crippen LogP contribution in [0.25, 0.3) is 0 Å². The van der Waals surface area contributed by atoms with E-state index in [1.165, 1.54) is 43.5 Å². The SMILES string of the molecule is COc1ccc(C(=O)OCC(=O)c2ccc([N+](=O)[O-])cc2)cc1OCc1ccccc1. The highest BCUT2D eigenvalue weighted by atomic mass is 16.6. The van der Waals surface area contributed by atoms with Gasteiger partial charge in [0.2, 0.25) is 0 Å². The number of rotatable bonds is 9. The van der Waals surface area contributed by atoms with Gasteiger partial charge in [0, 0.05) is 17.7 Å². The molecule has 0 unspecified atom stereocenters. The minimum absolute atomic E-state index is 0.130. The summed E-state index contributed by atoms with van der Waals surface area (Å²) in [6, 6.07) is 19.2. The number of non-ortho nitro benzene ring substituents is 1. The molecular formula is C23H19NO7. The summed E-state index contributed by atoms with van der Waals surface area (Å²) in [6.07, 6.45) is 0. The van der Waals surface area contributed by atoms with Gasteiger partial charge in [-0.3, -0.25) is 14.9 Å². The first-order valence-corrected chi connectivity index (χ1v) is 9.27. The summed E-state index contributed by atoms with van der Waals surface area (Å²) >= 11 is 0. The van der Waals surface area contributed by atoms with Crippen LogP contribution in [0.3, 0.4) is 0 Å². The Morgan fingerprint density at radius 1 is 0.903 bits per heavy atom. The number of nitro groups is 1. The van der Waals surface area contributed by atoms with Crippen molar-refractivity contribution in [2.45, 2.75) is 6.61 Å². The van der Waals surface area contributed by atoms with Crippen LogP contribution in [0.5, 0.6) is 11.5 Å². The summed E-state index contributed by atoms with van der Waals surface area (Å²) in [4.78, 5) is 34.7. The van der Waals surface area contributed by atoms with E-state index >= 15 is 0 Å². The van der Waals surface area contributed by atoms with Crippen molar-refractivity contribution in [3.8, 4) is 11.5 Å². The molecule has 0 saturated heterocycles. The average Bonchev–Trinajstić information content (AvgIpc) is 2.81. The number of hydrogen-bond donors (Lipinski definition) is 0. The monoisotopic (exact) mass is 421 g/mol. The van der Waals surface area contributed by atoms with Crippen molar-refractivity contribution in [3.63, 3.8) is 0 Å². The zero-order valence-electron chi connectivity index (χ0n) is 16.6. The normalized spacial score (nSPS) is 10.2. The number of Topliss-reactive ketones (excluding diaryl/α,β-unsaturated/α-hetero) is 1. The molecule has 158 valence electrons. The van der Waals surface area contributed by atoms with Crippen LogP contribution < -0.4 is 9.47 Å². The lowest BCUT2D eigenvalue weighted by atomic mass is 10.1. The molecule has 3 rings (SSSR count). The Balaban J connectivity index is 1.64. The van der Waals surface area contributed by atoms with Crippen molar-refractivity contribution in [2.24, 2.45) is 0 Å². The van der Waals surface area contributed by atoms with Crippen molar-refractivity contribution < 1.29 is 28.7 Å². The van der Waals surface area contributed by atoms with E-state index in [0.29, 0.717) is 11.5 Å². The van der Waals surface area contributed by atoms with Crippen molar-refractivity contribution in [1.82, 2.24) is 0 Å². The molecule has 0 bridgehead atoms. The standard InChI is InChI=1S/C23H19NO7/c1-29-21-12-9-18(13-22(21)30-14-16-5-3-2-4-6-16)23(26)31-15-20(25)17-7-10-19(11-8-17)24(27)28/h2-13H,14-15H2,1H3. The van der Waals surface area contributed by atoms with E-state index in [2.05, 4.69) is 0 Å². The van der Waals surface area contributed by atoms with Crippen molar-refractivity contribution in [1.29, 1.82) is 0 Å². The van der Waals surface area contributed by atoms with Gasteiger partial charge in [0.25, 0.3) is 5.69 Å². The van der Waals surface area contributed by atoms with E-state index < -0.39 is 23.3 Å². The first-order valence-electron chi connectivity index (χ1n) is 9.27. The summed E-state index contributed by atoms with van der Waals surface area (Å²) < 4.78 is 16.1. The molecule has 0 spiro atoms. The number of esters is 1. The second-order valence-electron chi connectivity index (χ2n) is 6.44. The van der Waals surface area contributed by atoms with Crippen molar-refractivity contribution in [2.75, 3.05) is 13.7 Å². The van der Waals surface area contributed by atoms with E-state index in [9.17, 15) is 19.7 Å². The van der Waals surface area contributed by atoms with E-state index in [0.717, 1.165) is 5.56 Å². The first kappa shape index (κ1) is 21.5. The summed E-state index contributed by atoms with van der Waals surface area (Å²) in [5.41, 5.74) is 1.22. The lowest BCUT2D eigenvalue weighted by molar-refractivity contribution is -0.384. The van der Waals surface area contributed by atoms with Crippen LogP contribution in [0.4, 0.5) is 5.69 Å². The molecule has 0 aliphatic carbocycles. The Morgan fingerprint density at radius 2 is 1.58 bits per heavy atom. The fourth-order valence-corrected chi connectivity index (χ4v) is 2.72. The quantitative estimate of drug-likeness (QED) is 0.220. The molecule has 0 aromatic heterocycles. The van der Waals surface area contributed by atoms with Crippen LogP contribution in [0.15, 0.2) is 72.8 Å². The first-order chi connectivity index (χ1) is 15.0. The summed E-state index contributed by atoms with van der Waals surface area (Å²) in [5, 5.41) is 10.7. The maximum absolute atomic E-state index is 12.4. The Bertz CT molecular complexity index is 1080.